The Bertz CT molecular complexity index is 1010. The van der Waals surface area contributed by atoms with Gasteiger partial charge in [0.1, 0.15) is 11.3 Å². The monoisotopic (exact) mass is 336 g/mol. The maximum atomic E-state index is 6.04. The molecule has 0 unspecified atom stereocenters. The van der Waals surface area contributed by atoms with Crippen LogP contribution in [0.15, 0.2) is 60.7 Å². The number of hydrogen-bond donors (Lipinski definition) is 2. The number of anilines is 1. The highest BCUT2D eigenvalue weighted by molar-refractivity contribution is 6.28. The minimum absolute atomic E-state index is 0.125. The zero-order chi connectivity index (χ0) is 16.5. The third-order valence-corrected chi connectivity index (χ3v) is 3.74. The van der Waals surface area contributed by atoms with Gasteiger partial charge in [-0.15, -0.1) is 0 Å². The number of hydrogen-bond acceptors (Lipinski definition) is 4. The summed E-state index contributed by atoms with van der Waals surface area (Å²) in [6.45, 7) is 0. The number of H-pyrrole nitrogens is 1. The second-order valence-electron chi connectivity index (χ2n) is 5.28. The number of ether oxygens (including phenoxy) is 1. The van der Waals surface area contributed by atoms with Crippen molar-refractivity contribution in [2.24, 2.45) is 0 Å². The van der Waals surface area contributed by atoms with Crippen LogP contribution in [-0.4, -0.2) is 15.0 Å². The van der Waals surface area contributed by atoms with Crippen molar-refractivity contribution in [1.82, 2.24) is 15.0 Å². The van der Waals surface area contributed by atoms with Crippen LogP contribution in [0.2, 0.25) is 5.28 Å². The molecule has 0 fully saturated rings. The highest BCUT2D eigenvalue weighted by Crippen LogP contribution is 2.31. The summed E-state index contributed by atoms with van der Waals surface area (Å²) in [5, 5.41) is 0.125. The molecule has 118 valence electrons. The highest BCUT2D eigenvalue weighted by Gasteiger charge is 2.13. The van der Waals surface area contributed by atoms with Crippen LogP contribution in [0.5, 0.6) is 11.6 Å². The van der Waals surface area contributed by atoms with Crippen LogP contribution in [0.4, 0.5) is 5.69 Å². The molecule has 0 spiro atoms. The fourth-order valence-corrected chi connectivity index (χ4v) is 2.66. The number of nitrogens with one attached hydrogen (secondary N) is 1. The van der Waals surface area contributed by atoms with Gasteiger partial charge in [0.05, 0.1) is 5.52 Å². The molecule has 6 heteroatoms. The molecule has 0 saturated carbocycles. The Morgan fingerprint density at radius 3 is 2.58 bits per heavy atom. The third kappa shape index (κ3) is 2.77. The van der Waals surface area contributed by atoms with E-state index >= 15 is 0 Å². The summed E-state index contributed by atoms with van der Waals surface area (Å²) < 4.78 is 5.86. The molecule has 0 aliphatic carbocycles. The van der Waals surface area contributed by atoms with E-state index < -0.39 is 0 Å². The topological polar surface area (TPSA) is 76.8 Å². The molecule has 0 amide bonds. The van der Waals surface area contributed by atoms with Crippen molar-refractivity contribution < 1.29 is 4.74 Å². The predicted octanol–water partition coefficient (Wildman–Crippen LogP) is 4.65. The molecule has 3 N–H and O–H groups in total. The average molecular weight is 337 g/mol. The fourth-order valence-electron chi connectivity index (χ4n) is 2.50. The fraction of sp³-hybridized carbons (Fsp3) is 0. The Hall–Kier alpha value is -3.05. The summed E-state index contributed by atoms with van der Waals surface area (Å²) in [6.07, 6.45) is 0. The highest BCUT2D eigenvalue weighted by atomic mass is 35.5. The number of nitrogens with two attached hydrogens (primary N) is 1. The van der Waals surface area contributed by atoms with Gasteiger partial charge in [-0.05, 0) is 35.4 Å². The Morgan fingerprint density at radius 2 is 1.79 bits per heavy atom. The van der Waals surface area contributed by atoms with Crippen molar-refractivity contribution in [3.63, 3.8) is 0 Å². The molecule has 4 aromatic rings. The number of halogens is 1. The summed E-state index contributed by atoms with van der Waals surface area (Å²) in [6, 6.07) is 19.0. The molecule has 0 radical (unpaired) electrons. The lowest BCUT2D eigenvalue weighted by molar-refractivity contribution is 0.467. The minimum atomic E-state index is 0.125. The van der Waals surface area contributed by atoms with Crippen molar-refractivity contribution in [3.8, 4) is 22.9 Å². The molecular formula is C18H13ClN4O. The molecule has 0 aliphatic heterocycles. The first-order valence-electron chi connectivity index (χ1n) is 7.34. The normalized spacial score (nSPS) is 10.9. The van der Waals surface area contributed by atoms with E-state index in [0.717, 1.165) is 11.3 Å². The molecule has 4 rings (SSSR count). The number of aromatic amines is 1. The smallest absolute Gasteiger partial charge is 0.248 e. The third-order valence-electron chi connectivity index (χ3n) is 3.57. The SMILES string of the molecule is Nc1cccc(Oc2nc(Cl)nc3cc(-c4ccccc4)[nH]c23)c1. The maximum absolute atomic E-state index is 6.04. The predicted molar refractivity (Wildman–Crippen MR) is 95.3 cm³/mol. The second-order valence-corrected chi connectivity index (χ2v) is 5.62. The summed E-state index contributed by atoms with van der Waals surface area (Å²) in [7, 11) is 0. The first-order chi connectivity index (χ1) is 11.7. The zero-order valence-corrected chi connectivity index (χ0v) is 13.3. The molecule has 0 atom stereocenters. The number of benzene rings is 2. The van der Waals surface area contributed by atoms with E-state index in [-0.39, 0.29) is 5.28 Å². The molecular weight excluding hydrogens is 324 g/mol. The van der Waals surface area contributed by atoms with Crippen LogP contribution in [0.1, 0.15) is 0 Å². The Labute approximate surface area is 143 Å². The van der Waals surface area contributed by atoms with Gasteiger partial charge in [-0.1, -0.05) is 36.4 Å². The summed E-state index contributed by atoms with van der Waals surface area (Å²) >= 11 is 6.04. The van der Waals surface area contributed by atoms with Crippen LogP contribution in [0.3, 0.4) is 0 Å². The molecule has 5 nitrogen and oxygen atoms in total. The summed E-state index contributed by atoms with van der Waals surface area (Å²) in [4.78, 5) is 11.8. The molecule has 2 heterocycles. The van der Waals surface area contributed by atoms with Gasteiger partial charge < -0.3 is 15.5 Å². The van der Waals surface area contributed by atoms with Crippen molar-refractivity contribution in [3.05, 3.63) is 65.9 Å². The first kappa shape index (κ1) is 14.5. The lowest BCUT2D eigenvalue weighted by Gasteiger charge is -2.06. The van der Waals surface area contributed by atoms with Gasteiger partial charge in [0.15, 0.2) is 0 Å². The van der Waals surface area contributed by atoms with Gasteiger partial charge in [0.2, 0.25) is 11.2 Å². The van der Waals surface area contributed by atoms with E-state index in [2.05, 4.69) is 15.0 Å². The summed E-state index contributed by atoms with van der Waals surface area (Å²) in [5.41, 5.74) is 9.73. The first-order valence-corrected chi connectivity index (χ1v) is 7.72. The van der Waals surface area contributed by atoms with E-state index in [1.165, 1.54) is 0 Å². The molecule has 0 saturated heterocycles. The van der Waals surface area contributed by atoms with E-state index in [0.29, 0.717) is 28.4 Å². The van der Waals surface area contributed by atoms with Gasteiger partial charge in [-0.25, -0.2) is 4.98 Å². The van der Waals surface area contributed by atoms with E-state index in [4.69, 9.17) is 22.1 Å². The number of nitrogens with zero attached hydrogens (tertiary/aromatic N) is 2. The van der Waals surface area contributed by atoms with Gasteiger partial charge in [-0.2, -0.15) is 4.98 Å². The van der Waals surface area contributed by atoms with Crippen molar-refractivity contribution in [1.29, 1.82) is 0 Å². The quantitative estimate of drug-likeness (QED) is 0.421. The zero-order valence-electron chi connectivity index (χ0n) is 12.5. The standard InChI is InChI=1S/C18H13ClN4O/c19-18-22-15-10-14(11-5-2-1-3-6-11)21-16(15)17(23-18)24-13-8-4-7-12(20)9-13/h1-10,21H,20H2. The Kier molecular flexibility index (Phi) is 3.55. The van der Waals surface area contributed by atoms with Crippen molar-refractivity contribution in [2.45, 2.75) is 0 Å². The minimum Gasteiger partial charge on any atom is -0.437 e. The van der Waals surface area contributed by atoms with E-state index in [9.17, 15) is 0 Å². The van der Waals surface area contributed by atoms with Crippen molar-refractivity contribution >= 4 is 28.3 Å². The van der Waals surface area contributed by atoms with Crippen molar-refractivity contribution in [2.75, 3.05) is 5.73 Å². The Balaban J connectivity index is 1.81. The second kappa shape index (κ2) is 5.86. The average Bonchev–Trinajstić information content (AvgIpc) is 3.00. The molecule has 2 aromatic carbocycles. The van der Waals surface area contributed by atoms with E-state index in [1.54, 1.807) is 18.2 Å². The molecule has 0 aliphatic rings. The van der Waals surface area contributed by atoms with Gasteiger partial charge in [0, 0.05) is 17.4 Å². The lowest BCUT2D eigenvalue weighted by atomic mass is 10.2. The maximum Gasteiger partial charge on any atom is 0.248 e. The van der Waals surface area contributed by atoms with Gasteiger partial charge in [0.25, 0.3) is 0 Å². The summed E-state index contributed by atoms with van der Waals surface area (Å²) in [5.74, 6) is 0.944. The van der Waals surface area contributed by atoms with Crippen LogP contribution >= 0.6 is 11.6 Å². The van der Waals surface area contributed by atoms with E-state index in [1.807, 2.05) is 42.5 Å². The van der Waals surface area contributed by atoms with Crippen LogP contribution in [0.25, 0.3) is 22.3 Å². The lowest BCUT2D eigenvalue weighted by Crippen LogP contribution is -1.93. The van der Waals surface area contributed by atoms with Crippen LogP contribution in [0, 0.1) is 0 Å². The number of aromatic nitrogens is 3. The van der Waals surface area contributed by atoms with Crippen LogP contribution in [-0.2, 0) is 0 Å². The van der Waals surface area contributed by atoms with Gasteiger partial charge in [-0.3, -0.25) is 0 Å². The molecule has 0 bridgehead atoms. The van der Waals surface area contributed by atoms with Crippen LogP contribution < -0.4 is 10.5 Å². The number of nitrogen functional groups attached to an aromatic ring is 1. The number of fused-ring (bicyclic) bond motifs is 1. The largest absolute Gasteiger partial charge is 0.437 e. The van der Waals surface area contributed by atoms with Gasteiger partial charge >= 0.3 is 0 Å². The number of rotatable bonds is 3. The Morgan fingerprint density at radius 1 is 0.958 bits per heavy atom. The molecule has 24 heavy (non-hydrogen) atoms. The molecule has 2 aromatic heterocycles.